The van der Waals surface area contributed by atoms with E-state index in [1.807, 2.05) is 0 Å². The van der Waals surface area contributed by atoms with Gasteiger partial charge in [0.2, 0.25) is 11.8 Å². The number of piperidine rings is 1. The number of carbonyl (C=O) groups excluding carboxylic acids is 2. The molecule has 4 heteroatoms. The second-order valence-electron chi connectivity index (χ2n) is 6.14. The van der Waals surface area contributed by atoms with Gasteiger partial charge >= 0.3 is 0 Å². The molecule has 1 spiro atoms. The molecule has 1 aliphatic carbocycles. The van der Waals surface area contributed by atoms with Crippen LogP contribution < -0.4 is 0 Å². The lowest BCUT2D eigenvalue weighted by atomic mass is 9.67. The van der Waals surface area contributed by atoms with Gasteiger partial charge in [0.05, 0.1) is 0 Å². The number of amides is 2. The number of likely N-dealkylation sites (tertiary alicyclic amines) is 1. The molecule has 2 rings (SSSR count). The minimum Gasteiger partial charge on any atom is -0.396 e. The summed E-state index contributed by atoms with van der Waals surface area (Å²) < 4.78 is 0. The zero-order valence-electron chi connectivity index (χ0n) is 11.7. The Hall–Kier alpha value is -0.900. The first-order chi connectivity index (χ1) is 9.17. The number of nitrogens with zero attached hydrogens (tertiary/aromatic N) is 1. The molecule has 1 heterocycles. The molecule has 19 heavy (non-hydrogen) atoms. The fourth-order valence-corrected chi connectivity index (χ4v) is 3.50. The normalized spacial score (nSPS) is 23.1. The summed E-state index contributed by atoms with van der Waals surface area (Å²) in [4.78, 5) is 25.9. The van der Waals surface area contributed by atoms with Crippen molar-refractivity contribution in [3.63, 3.8) is 0 Å². The lowest BCUT2D eigenvalue weighted by molar-refractivity contribution is -0.154. The number of carbonyl (C=O) groups is 2. The lowest BCUT2D eigenvalue weighted by Crippen LogP contribution is -2.48. The number of unbranched alkanes of at least 4 members (excludes halogenated alkanes) is 2. The van der Waals surface area contributed by atoms with Crippen LogP contribution in [0.1, 0.15) is 64.2 Å². The highest BCUT2D eigenvalue weighted by Gasteiger charge is 2.43. The van der Waals surface area contributed by atoms with Gasteiger partial charge in [0.25, 0.3) is 0 Å². The molecule has 0 aromatic rings. The largest absolute Gasteiger partial charge is 0.396 e. The average Bonchev–Trinajstić information content (AvgIpc) is 2.38. The summed E-state index contributed by atoms with van der Waals surface area (Å²) in [5, 5.41) is 8.73. The first-order valence-electron chi connectivity index (χ1n) is 7.61. The van der Waals surface area contributed by atoms with Gasteiger partial charge in [-0.15, -0.1) is 0 Å². The maximum atomic E-state index is 12.2. The van der Waals surface area contributed by atoms with Gasteiger partial charge in [0, 0.05) is 26.0 Å². The standard InChI is InChI=1S/C15H25NO3/c17-10-6-2-5-9-16-13(18)11-15(12-14(16)19)7-3-1-4-8-15/h17H,1-12H2. The van der Waals surface area contributed by atoms with Crippen LogP contribution >= 0.6 is 0 Å². The van der Waals surface area contributed by atoms with Gasteiger partial charge in [-0.05, 0) is 37.5 Å². The van der Waals surface area contributed by atoms with Crippen LogP contribution in [0.3, 0.4) is 0 Å². The molecule has 0 aromatic heterocycles. The summed E-state index contributed by atoms with van der Waals surface area (Å²) in [7, 11) is 0. The summed E-state index contributed by atoms with van der Waals surface area (Å²) in [6, 6.07) is 0. The van der Waals surface area contributed by atoms with Gasteiger partial charge < -0.3 is 5.11 Å². The average molecular weight is 267 g/mol. The quantitative estimate of drug-likeness (QED) is 0.614. The maximum absolute atomic E-state index is 12.2. The molecule has 2 aliphatic rings. The summed E-state index contributed by atoms with van der Waals surface area (Å²) in [6.45, 7) is 0.721. The first kappa shape index (κ1) is 14.5. The predicted molar refractivity (Wildman–Crippen MR) is 72.4 cm³/mol. The van der Waals surface area contributed by atoms with Crippen LogP contribution in [0.25, 0.3) is 0 Å². The molecule has 2 fully saturated rings. The van der Waals surface area contributed by atoms with E-state index in [9.17, 15) is 9.59 Å². The van der Waals surface area contributed by atoms with E-state index < -0.39 is 0 Å². The Balaban J connectivity index is 1.87. The number of aliphatic hydroxyl groups is 1. The van der Waals surface area contributed by atoms with Crippen molar-refractivity contribution in [1.82, 2.24) is 4.90 Å². The van der Waals surface area contributed by atoms with E-state index in [-0.39, 0.29) is 23.8 Å². The number of hydrogen-bond donors (Lipinski definition) is 1. The topological polar surface area (TPSA) is 57.6 Å². The first-order valence-corrected chi connectivity index (χ1v) is 7.61. The third-order valence-electron chi connectivity index (χ3n) is 4.61. The Bertz CT molecular complexity index is 314. The van der Waals surface area contributed by atoms with Gasteiger partial charge in [-0.2, -0.15) is 0 Å². The van der Waals surface area contributed by atoms with Crippen molar-refractivity contribution in [2.24, 2.45) is 5.41 Å². The number of imide groups is 1. The van der Waals surface area contributed by atoms with Gasteiger partial charge in [0.1, 0.15) is 0 Å². The van der Waals surface area contributed by atoms with Crippen LogP contribution in [-0.2, 0) is 9.59 Å². The molecular formula is C15H25NO3. The van der Waals surface area contributed by atoms with E-state index in [0.29, 0.717) is 19.4 Å². The van der Waals surface area contributed by atoms with E-state index in [0.717, 1.165) is 44.9 Å². The van der Waals surface area contributed by atoms with Crippen LogP contribution in [0.4, 0.5) is 0 Å². The number of hydrogen-bond acceptors (Lipinski definition) is 3. The summed E-state index contributed by atoms with van der Waals surface area (Å²) in [6.07, 6.45) is 9.23. The molecule has 0 bridgehead atoms. The van der Waals surface area contributed by atoms with Crippen molar-refractivity contribution in [3.8, 4) is 0 Å². The zero-order valence-corrected chi connectivity index (χ0v) is 11.7. The molecule has 1 saturated carbocycles. The van der Waals surface area contributed by atoms with Crippen molar-refractivity contribution in [2.75, 3.05) is 13.2 Å². The van der Waals surface area contributed by atoms with Gasteiger partial charge in [-0.1, -0.05) is 19.3 Å². The molecule has 0 radical (unpaired) electrons. The smallest absolute Gasteiger partial charge is 0.229 e. The highest BCUT2D eigenvalue weighted by Crippen LogP contribution is 2.45. The molecule has 0 aromatic carbocycles. The highest BCUT2D eigenvalue weighted by molar-refractivity contribution is 5.98. The lowest BCUT2D eigenvalue weighted by Gasteiger charge is -2.42. The monoisotopic (exact) mass is 267 g/mol. The second-order valence-corrected chi connectivity index (χ2v) is 6.14. The molecule has 4 nitrogen and oxygen atoms in total. The number of aliphatic hydroxyl groups excluding tert-OH is 1. The predicted octanol–water partition coefficient (Wildman–Crippen LogP) is 2.25. The third-order valence-corrected chi connectivity index (χ3v) is 4.61. The Kier molecular flexibility index (Phi) is 4.97. The van der Waals surface area contributed by atoms with E-state index in [4.69, 9.17) is 5.11 Å². The third kappa shape index (κ3) is 3.56. The van der Waals surface area contributed by atoms with Crippen LogP contribution in [-0.4, -0.2) is 35.0 Å². The summed E-state index contributed by atoms with van der Waals surface area (Å²) >= 11 is 0. The minimum absolute atomic E-state index is 0.00594. The SMILES string of the molecule is O=C1CC2(CCCCC2)CC(=O)N1CCCCCO. The van der Waals surface area contributed by atoms with E-state index >= 15 is 0 Å². The van der Waals surface area contributed by atoms with Crippen LogP contribution in [0.2, 0.25) is 0 Å². The van der Waals surface area contributed by atoms with Crippen LogP contribution in [0, 0.1) is 5.41 Å². The zero-order chi connectivity index (χ0) is 13.7. The van der Waals surface area contributed by atoms with E-state index in [1.54, 1.807) is 0 Å². The van der Waals surface area contributed by atoms with Gasteiger partial charge in [0.15, 0.2) is 0 Å². The molecule has 0 unspecified atom stereocenters. The fraction of sp³-hybridized carbons (Fsp3) is 0.867. The Morgan fingerprint density at radius 1 is 0.947 bits per heavy atom. The second kappa shape index (κ2) is 6.51. The van der Waals surface area contributed by atoms with Crippen molar-refractivity contribution >= 4 is 11.8 Å². The molecule has 1 N–H and O–H groups in total. The van der Waals surface area contributed by atoms with Crippen molar-refractivity contribution in [2.45, 2.75) is 64.2 Å². The Morgan fingerprint density at radius 3 is 2.16 bits per heavy atom. The molecule has 1 saturated heterocycles. The highest BCUT2D eigenvalue weighted by atomic mass is 16.3. The maximum Gasteiger partial charge on any atom is 0.229 e. The summed E-state index contributed by atoms with van der Waals surface area (Å²) in [5.74, 6) is 0.0595. The van der Waals surface area contributed by atoms with E-state index in [1.165, 1.54) is 11.3 Å². The van der Waals surface area contributed by atoms with Gasteiger partial charge in [-0.3, -0.25) is 14.5 Å². The van der Waals surface area contributed by atoms with Crippen LogP contribution in [0.5, 0.6) is 0 Å². The van der Waals surface area contributed by atoms with Crippen molar-refractivity contribution in [3.05, 3.63) is 0 Å². The Labute approximate surface area is 115 Å². The van der Waals surface area contributed by atoms with Gasteiger partial charge in [-0.25, -0.2) is 0 Å². The van der Waals surface area contributed by atoms with Crippen LogP contribution in [0.15, 0.2) is 0 Å². The Morgan fingerprint density at radius 2 is 1.58 bits per heavy atom. The number of rotatable bonds is 5. The van der Waals surface area contributed by atoms with Crippen molar-refractivity contribution in [1.29, 1.82) is 0 Å². The minimum atomic E-state index is -0.00594. The molecule has 0 atom stereocenters. The molecule has 2 amide bonds. The van der Waals surface area contributed by atoms with E-state index in [2.05, 4.69) is 0 Å². The summed E-state index contributed by atoms with van der Waals surface area (Å²) in [5.41, 5.74) is -0.00594. The van der Waals surface area contributed by atoms with Crippen molar-refractivity contribution < 1.29 is 14.7 Å². The fourth-order valence-electron chi connectivity index (χ4n) is 3.50. The molecule has 108 valence electrons. The molecule has 1 aliphatic heterocycles. The molecular weight excluding hydrogens is 242 g/mol.